The van der Waals surface area contributed by atoms with Gasteiger partial charge in [0.25, 0.3) is 0 Å². The van der Waals surface area contributed by atoms with Gasteiger partial charge in [-0.25, -0.2) is 9.97 Å². The first-order chi connectivity index (χ1) is 10.2. The van der Waals surface area contributed by atoms with Crippen LogP contribution in [0.3, 0.4) is 0 Å². The Bertz CT molecular complexity index is 574. The molecule has 114 valence electrons. The molecule has 0 saturated heterocycles. The van der Waals surface area contributed by atoms with Crippen LogP contribution >= 0.6 is 11.3 Å². The van der Waals surface area contributed by atoms with Gasteiger partial charge < -0.3 is 14.8 Å². The second kappa shape index (κ2) is 7.90. The summed E-state index contributed by atoms with van der Waals surface area (Å²) in [6, 6.07) is 1.79. The summed E-state index contributed by atoms with van der Waals surface area (Å²) in [5, 5.41) is 3.00. The second-order valence-electron chi connectivity index (χ2n) is 4.35. The van der Waals surface area contributed by atoms with Crippen molar-refractivity contribution in [1.29, 1.82) is 0 Å². The average Bonchev–Trinajstić information content (AvgIpc) is 2.90. The van der Waals surface area contributed by atoms with Crippen molar-refractivity contribution in [2.45, 2.75) is 26.9 Å². The number of nitrogens with one attached hydrogen (secondary N) is 1. The third-order valence-electron chi connectivity index (χ3n) is 2.86. The van der Waals surface area contributed by atoms with Crippen LogP contribution in [0.15, 0.2) is 11.6 Å². The molecule has 0 bridgehead atoms. The molecule has 0 spiro atoms. The van der Waals surface area contributed by atoms with Crippen molar-refractivity contribution in [1.82, 2.24) is 15.0 Å². The molecule has 2 aromatic rings. The molecule has 0 atom stereocenters. The molecule has 0 radical (unpaired) electrons. The van der Waals surface area contributed by atoms with Crippen molar-refractivity contribution in [2.24, 2.45) is 0 Å². The van der Waals surface area contributed by atoms with Gasteiger partial charge in [0.15, 0.2) is 5.82 Å². The fraction of sp³-hybridized carbons (Fsp3) is 0.500. The zero-order valence-corrected chi connectivity index (χ0v) is 13.4. The van der Waals surface area contributed by atoms with E-state index in [-0.39, 0.29) is 0 Å². The molecule has 0 amide bonds. The third kappa shape index (κ3) is 4.64. The number of ether oxygens (including phenoxy) is 2. The van der Waals surface area contributed by atoms with Gasteiger partial charge in [0.2, 0.25) is 5.88 Å². The minimum Gasteiger partial charge on any atom is -0.477 e. The molecule has 2 aromatic heterocycles. The second-order valence-corrected chi connectivity index (χ2v) is 5.29. The van der Waals surface area contributed by atoms with E-state index in [1.807, 2.05) is 26.4 Å². The van der Waals surface area contributed by atoms with Crippen LogP contribution in [0.5, 0.6) is 5.88 Å². The Morgan fingerprint density at radius 2 is 2.19 bits per heavy atom. The zero-order chi connectivity index (χ0) is 15.1. The zero-order valence-electron chi connectivity index (χ0n) is 12.5. The van der Waals surface area contributed by atoms with Crippen LogP contribution in [0.2, 0.25) is 0 Å². The Labute approximate surface area is 128 Å². The fourth-order valence-corrected chi connectivity index (χ4v) is 2.51. The van der Waals surface area contributed by atoms with Gasteiger partial charge in [-0.15, -0.1) is 11.3 Å². The number of aryl methyl sites for hydroxylation is 1. The van der Waals surface area contributed by atoms with Crippen molar-refractivity contribution in [2.75, 3.05) is 25.6 Å². The van der Waals surface area contributed by atoms with Crippen molar-refractivity contribution < 1.29 is 9.47 Å². The predicted octanol–water partition coefficient (Wildman–Crippen LogP) is 2.44. The summed E-state index contributed by atoms with van der Waals surface area (Å²) in [4.78, 5) is 14.1. The molecule has 0 unspecified atom stereocenters. The minimum atomic E-state index is 0.385. The number of hydrogen-bond acceptors (Lipinski definition) is 7. The molecule has 0 saturated carbocycles. The SMILES string of the molecule is CCOCc1nc(NC)cc(OCCc2scnc2C)n1. The van der Waals surface area contributed by atoms with Gasteiger partial charge in [0, 0.05) is 31.0 Å². The van der Waals surface area contributed by atoms with Gasteiger partial charge in [-0.2, -0.15) is 4.98 Å². The van der Waals surface area contributed by atoms with Gasteiger partial charge in [-0.3, -0.25) is 0 Å². The molecule has 0 aliphatic carbocycles. The first-order valence-corrected chi connectivity index (χ1v) is 7.76. The number of thiazole rings is 1. The Hall–Kier alpha value is -1.73. The van der Waals surface area contributed by atoms with Crippen molar-refractivity contribution >= 4 is 17.2 Å². The normalized spacial score (nSPS) is 10.6. The van der Waals surface area contributed by atoms with E-state index in [0.29, 0.717) is 31.5 Å². The smallest absolute Gasteiger partial charge is 0.218 e. The van der Waals surface area contributed by atoms with E-state index in [0.717, 1.165) is 17.9 Å². The first kappa shape index (κ1) is 15.7. The molecule has 0 aliphatic heterocycles. The van der Waals surface area contributed by atoms with Gasteiger partial charge in [0.05, 0.1) is 17.8 Å². The standard InChI is InChI=1S/C14H20N4O2S/c1-4-19-8-13-17-12(15-3)7-14(18-13)20-6-5-11-10(2)16-9-21-11/h7,9H,4-6,8H2,1-3H3,(H,15,17,18). The van der Waals surface area contributed by atoms with E-state index in [4.69, 9.17) is 9.47 Å². The molecule has 6 nitrogen and oxygen atoms in total. The molecule has 0 aliphatic rings. The predicted molar refractivity (Wildman–Crippen MR) is 83.0 cm³/mol. The molecule has 2 heterocycles. The summed E-state index contributed by atoms with van der Waals surface area (Å²) in [6.07, 6.45) is 0.830. The molecule has 21 heavy (non-hydrogen) atoms. The fourth-order valence-electron chi connectivity index (χ4n) is 1.75. The Morgan fingerprint density at radius 3 is 2.86 bits per heavy atom. The van der Waals surface area contributed by atoms with Crippen LogP contribution in [0.25, 0.3) is 0 Å². The van der Waals surface area contributed by atoms with E-state index >= 15 is 0 Å². The molecule has 1 N–H and O–H groups in total. The van der Waals surface area contributed by atoms with Crippen LogP contribution < -0.4 is 10.1 Å². The van der Waals surface area contributed by atoms with Crippen molar-refractivity contribution in [3.63, 3.8) is 0 Å². The first-order valence-electron chi connectivity index (χ1n) is 6.88. The highest BCUT2D eigenvalue weighted by Crippen LogP contribution is 2.16. The lowest BCUT2D eigenvalue weighted by Gasteiger charge is -2.09. The molecule has 0 fully saturated rings. The monoisotopic (exact) mass is 308 g/mol. The lowest BCUT2D eigenvalue weighted by molar-refractivity contribution is 0.127. The highest BCUT2D eigenvalue weighted by atomic mass is 32.1. The quantitative estimate of drug-likeness (QED) is 0.808. The van der Waals surface area contributed by atoms with E-state index in [1.54, 1.807) is 17.4 Å². The molecule has 2 rings (SSSR count). The van der Waals surface area contributed by atoms with Gasteiger partial charge in [0.1, 0.15) is 12.4 Å². The lowest BCUT2D eigenvalue weighted by atomic mass is 10.3. The average molecular weight is 308 g/mol. The van der Waals surface area contributed by atoms with E-state index in [9.17, 15) is 0 Å². The number of aromatic nitrogens is 3. The van der Waals surface area contributed by atoms with Crippen LogP contribution in [-0.2, 0) is 17.8 Å². The molecule has 7 heteroatoms. The van der Waals surface area contributed by atoms with Crippen molar-refractivity contribution in [3.05, 3.63) is 28.0 Å². The summed E-state index contributed by atoms with van der Waals surface area (Å²) < 4.78 is 11.1. The summed E-state index contributed by atoms with van der Waals surface area (Å²) in [7, 11) is 1.82. The maximum absolute atomic E-state index is 5.73. The topological polar surface area (TPSA) is 69.2 Å². The Morgan fingerprint density at radius 1 is 1.33 bits per heavy atom. The minimum absolute atomic E-state index is 0.385. The molecular weight excluding hydrogens is 288 g/mol. The molecule has 0 aromatic carbocycles. The van der Waals surface area contributed by atoms with E-state index in [1.165, 1.54) is 4.88 Å². The largest absolute Gasteiger partial charge is 0.477 e. The van der Waals surface area contributed by atoms with Gasteiger partial charge in [-0.1, -0.05) is 0 Å². The van der Waals surface area contributed by atoms with E-state index < -0.39 is 0 Å². The number of hydrogen-bond donors (Lipinski definition) is 1. The number of rotatable bonds is 8. The number of nitrogens with zero attached hydrogens (tertiary/aromatic N) is 3. The summed E-state index contributed by atoms with van der Waals surface area (Å²) in [5.74, 6) is 1.91. The summed E-state index contributed by atoms with van der Waals surface area (Å²) in [6.45, 7) is 5.54. The lowest BCUT2D eigenvalue weighted by Crippen LogP contribution is -2.07. The van der Waals surface area contributed by atoms with Crippen LogP contribution in [0.4, 0.5) is 5.82 Å². The van der Waals surface area contributed by atoms with Crippen LogP contribution in [0.1, 0.15) is 23.3 Å². The highest BCUT2D eigenvalue weighted by molar-refractivity contribution is 7.09. The van der Waals surface area contributed by atoms with Crippen molar-refractivity contribution in [3.8, 4) is 5.88 Å². The van der Waals surface area contributed by atoms with E-state index in [2.05, 4.69) is 20.3 Å². The van der Waals surface area contributed by atoms with Crippen LogP contribution in [0, 0.1) is 6.92 Å². The van der Waals surface area contributed by atoms with Crippen LogP contribution in [-0.4, -0.2) is 35.2 Å². The maximum Gasteiger partial charge on any atom is 0.218 e. The summed E-state index contributed by atoms with van der Waals surface area (Å²) >= 11 is 1.65. The van der Waals surface area contributed by atoms with Gasteiger partial charge in [-0.05, 0) is 13.8 Å². The third-order valence-corrected chi connectivity index (χ3v) is 3.86. The number of anilines is 1. The Kier molecular flexibility index (Phi) is 5.89. The van der Waals surface area contributed by atoms with Gasteiger partial charge >= 0.3 is 0 Å². The highest BCUT2D eigenvalue weighted by Gasteiger charge is 2.06. The summed E-state index contributed by atoms with van der Waals surface area (Å²) in [5.41, 5.74) is 2.92. The Balaban J connectivity index is 1.96. The maximum atomic E-state index is 5.73. The molecular formula is C14H20N4O2S.